The summed E-state index contributed by atoms with van der Waals surface area (Å²) >= 11 is 10.1. The van der Waals surface area contributed by atoms with Crippen LogP contribution in [0.4, 0.5) is 0 Å². The quantitative estimate of drug-likeness (QED) is 0.774. The van der Waals surface area contributed by atoms with Crippen LogP contribution in [-0.4, -0.2) is 39.4 Å². The van der Waals surface area contributed by atoms with Crippen molar-refractivity contribution in [3.05, 3.63) is 14.9 Å². The van der Waals surface area contributed by atoms with Gasteiger partial charge in [0.1, 0.15) is 10.3 Å². The maximum atomic E-state index is 12.4. The van der Waals surface area contributed by atoms with Crippen LogP contribution in [-0.2, 0) is 14.8 Å². The van der Waals surface area contributed by atoms with Crippen LogP contribution >= 0.6 is 38.9 Å². The SMILES string of the molecule is CC(C)CC(NS(=O)(=O)c1cc(Cl)c(Br)s1)C(=O)N(C)C. The average Bonchev–Trinajstić information content (AvgIpc) is 2.67. The fourth-order valence-electron chi connectivity index (χ4n) is 1.69. The summed E-state index contributed by atoms with van der Waals surface area (Å²) in [7, 11) is -0.579. The van der Waals surface area contributed by atoms with E-state index in [1.807, 2.05) is 13.8 Å². The van der Waals surface area contributed by atoms with E-state index in [4.69, 9.17) is 11.6 Å². The van der Waals surface area contributed by atoms with Gasteiger partial charge < -0.3 is 4.90 Å². The van der Waals surface area contributed by atoms with E-state index >= 15 is 0 Å². The smallest absolute Gasteiger partial charge is 0.250 e. The zero-order chi connectivity index (χ0) is 16.4. The number of carbonyl (C=O) groups excluding carboxylic acids is 1. The first-order chi connectivity index (χ1) is 9.54. The van der Waals surface area contributed by atoms with Gasteiger partial charge in [0.25, 0.3) is 10.0 Å². The minimum Gasteiger partial charge on any atom is -0.347 e. The molecule has 0 aromatic carbocycles. The molecule has 1 N–H and O–H groups in total. The molecular formula is C12H18BrClN2O3S2. The molecule has 9 heteroatoms. The highest BCUT2D eigenvalue weighted by molar-refractivity contribution is 9.11. The maximum Gasteiger partial charge on any atom is 0.250 e. The largest absolute Gasteiger partial charge is 0.347 e. The van der Waals surface area contributed by atoms with Gasteiger partial charge >= 0.3 is 0 Å². The molecule has 21 heavy (non-hydrogen) atoms. The van der Waals surface area contributed by atoms with Crippen LogP contribution in [0, 0.1) is 5.92 Å². The van der Waals surface area contributed by atoms with Gasteiger partial charge in [0.15, 0.2) is 0 Å². The average molecular weight is 418 g/mol. The Bertz CT molecular complexity index is 595. The van der Waals surface area contributed by atoms with Crippen LogP contribution in [0.2, 0.25) is 5.02 Å². The number of halogens is 2. The van der Waals surface area contributed by atoms with Crippen molar-refractivity contribution in [3.63, 3.8) is 0 Å². The third kappa shape index (κ3) is 5.21. The molecule has 5 nitrogen and oxygen atoms in total. The van der Waals surface area contributed by atoms with E-state index in [0.29, 0.717) is 15.2 Å². The molecule has 1 amide bonds. The Morgan fingerprint density at radius 1 is 1.48 bits per heavy atom. The molecule has 120 valence electrons. The number of thiophene rings is 1. The molecule has 0 aliphatic heterocycles. The third-order valence-electron chi connectivity index (χ3n) is 2.63. The molecule has 1 heterocycles. The van der Waals surface area contributed by atoms with Crippen molar-refractivity contribution in [1.82, 2.24) is 9.62 Å². The molecule has 0 fully saturated rings. The molecule has 1 aromatic rings. The first-order valence-electron chi connectivity index (χ1n) is 6.23. The lowest BCUT2D eigenvalue weighted by atomic mass is 10.0. The second kappa shape index (κ2) is 7.41. The summed E-state index contributed by atoms with van der Waals surface area (Å²) in [5.74, 6) is -0.0887. The predicted octanol–water partition coefficient (Wildman–Crippen LogP) is 2.95. The van der Waals surface area contributed by atoms with Gasteiger partial charge in [-0.2, -0.15) is 4.72 Å². The zero-order valence-corrected chi connectivity index (χ0v) is 16.2. The lowest BCUT2D eigenvalue weighted by molar-refractivity contribution is -0.130. The number of hydrogen-bond acceptors (Lipinski definition) is 4. The fraction of sp³-hybridized carbons (Fsp3) is 0.583. The van der Waals surface area contributed by atoms with E-state index < -0.39 is 16.1 Å². The normalized spacial score (nSPS) is 13.5. The van der Waals surface area contributed by atoms with Crippen molar-refractivity contribution in [2.75, 3.05) is 14.1 Å². The van der Waals surface area contributed by atoms with Gasteiger partial charge in [-0.15, -0.1) is 11.3 Å². The maximum absolute atomic E-state index is 12.4. The predicted molar refractivity (Wildman–Crippen MR) is 89.3 cm³/mol. The van der Waals surface area contributed by atoms with E-state index in [0.717, 1.165) is 11.3 Å². The summed E-state index contributed by atoms with van der Waals surface area (Å²) in [6.45, 7) is 3.87. The molecule has 1 unspecified atom stereocenters. The van der Waals surface area contributed by atoms with Crippen molar-refractivity contribution >= 4 is 54.8 Å². The van der Waals surface area contributed by atoms with E-state index in [9.17, 15) is 13.2 Å². The number of sulfonamides is 1. The highest BCUT2D eigenvalue weighted by atomic mass is 79.9. The molecule has 0 saturated heterocycles. The summed E-state index contributed by atoms with van der Waals surface area (Å²) < 4.78 is 27.8. The number of carbonyl (C=O) groups is 1. The molecule has 1 atom stereocenters. The molecule has 0 radical (unpaired) electrons. The topological polar surface area (TPSA) is 66.5 Å². The number of nitrogens with one attached hydrogen (secondary N) is 1. The molecule has 0 saturated carbocycles. The van der Waals surface area contributed by atoms with Crippen LogP contribution < -0.4 is 4.72 Å². The molecule has 0 aliphatic rings. The standard InChI is InChI=1S/C12H18BrClN2O3S2/c1-7(2)5-9(12(17)16(3)4)15-21(18,19)10-6-8(14)11(13)20-10/h6-7,9,15H,5H2,1-4H3. The van der Waals surface area contributed by atoms with Crippen LogP contribution in [0.5, 0.6) is 0 Å². The van der Waals surface area contributed by atoms with Gasteiger partial charge in [0, 0.05) is 14.1 Å². The van der Waals surface area contributed by atoms with Crippen LogP contribution in [0.1, 0.15) is 20.3 Å². The molecule has 0 aliphatic carbocycles. The van der Waals surface area contributed by atoms with Crippen LogP contribution in [0.25, 0.3) is 0 Å². The first-order valence-corrected chi connectivity index (χ1v) is 9.70. The lowest BCUT2D eigenvalue weighted by Crippen LogP contribution is -2.46. The molecule has 0 spiro atoms. The van der Waals surface area contributed by atoms with Crippen molar-refractivity contribution in [3.8, 4) is 0 Å². The summed E-state index contributed by atoms with van der Waals surface area (Å²) in [5.41, 5.74) is 0. The summed E-state index contributed by atoms with van der Waals surface area (Å²) in [5, 5.41) is 0.333. The minimum absolute atomic E-state index is 0.0830. The van der Waals surface area contributed by atoms with Crippen molar-refractivity contribution in [2.45, 2.75) is 30.5 Å². The Labute approximate surface area is 142 Å². The van der Waals surface area contributed by atoms with Gasteiger partial charge in [-0.25, -0.2) is 8.42 Å². The minimum atomic E-state index is -3.78. The van der Waals surface area contributed by atoms with Gasteiger partial charge in [0.2, 0.25) is 5.91 Å². The molecule has 1 rings (SSSR count). The van der Waals surface area contributed by atoms with E-state index in [-0.39, 0.29) is 16.0 Å². The van der Waals surface area contributed by atoms with Crippen LogP contribution in [0.3, 0.4) is 0 Å². The lowest BCUT2D eigenvalue weighted by Gasteiger charge is -2.22. The van der Waals surface area contributed by atoms with Crippen molar-refractivity contribution in [1.29, 1.82) is 0 Å². The Kier molecular flexibility index (Phi) is 6.67. The zero-order valence-electron chi connectivity index (χ0n) is 12.2. The van der Waals surface area contributed by atoms with Gasteiger partial charge in [-0.05, 0) is 34.3 Å². The fourth-order valence-corrected chi connectivity index (χ4v) is 5.30. The Balaban J connectivity index is 3.03. The van der Waals surface area contributed by atoms with Crippen molar-refractivity contribution in [2.24, 2.45) is 5.92 Å². The number of nitrogens with zero attached hydrogens (tertiary/aromatic N) is 1. The van der Waals surface area contributed by atoms with E-state index in [1.54, 1.807) is 14.1 Å². The van der Waals surface area contributed by atoms with Crippen molar-refractivity contribution < 1.29 is 13.2 Å². The monoisotopic (exact) mass is 416 g/mol. The summed E-state index contributed by atoms with van der Waals surface area (Å²) in [6.07, 6.45) is 0.427. The Morgan fingerprint density at radius 3 is 2.43 bits per heavy atom. The summed E-state index contributed by atoms with van der Waals surface area (Å²) in [6, 6.07) is 0.579. The second-order valence-corrected chi connectivity index (χ2v) is 9.94. The Hall–Kier alpha value is -0.150. The number of hydrogen-bond donors (Lipinski definition) is 1. The number of likely N-dealkylation sites (N-methyl/N-ethyl adjacent to an activating group) is 1. The Morgan fingerprint density at radius 2 is 2.05 bits per heavy atom. The van der Waals surface area contributed by atoms with Gasteiger partial charge in [-0.3, -0.25) is 4.79 Å². The van der Waals surface area contributed by atoms with Gasteiger partial charge in [0.05, 0.1) is 8.81 Å². The second-order valence-electron chi connectivity index (χ2n) is 5.22. The highest BCUT2D eigenvalue weighted by Gasteiger charge is 2.29. The van der Waals surface area contributed by atoms with E-state index in [2.05, 4.69) is 20.7 Å². The van der Waals surface area contributed by atoms with Gasteiger partial charge in [-0.1, -0.05) is 25.4 Å². The van der Waals surface area contributed by atoms with Crippen LogP contribution in [0.15, 0.2) is 14.1 Å². The molecule has 0 bridgehead atoms. The number of amides is 1. The molecular weight excluding hydrogens is 400 g/mol. The highest BCUT2D eigenvalue weighted by Crippen LogP contribution is 2.34. The number of rotatable bonds is 6. The summed E-state index contributed by atoms with van der Waals surface area (Å²) in [4.78, 5) is 13.5. The third-order valence-corrected chi connectivity index (χ3v) is 7.05. The first kappa shape index (κ1) is 18.9. The molecule has 1 aromatic heterocycles. The van der Waals surface area contributed by atoms with E-state index in [1.165, 1.54) is 11.0 Å².